The van der Waals surface area contributed by atoms with Gasteiger partial charge in [-0.2, -0.15) is 0 Å². The number of hydrogen-bond donors (Lipinski definition) is 2. The predicted octanol–water partition coefficient (Wildman–Crippen LogP) is 3.42. The first-order valence-corrected chi connectivity index (χ1v) is 10.4. The Kier molecular flexibility index (Phi) is 7.20. The fraction of sp³-hybridized carbons (Fsp3) is 0.545. The average molecular weight is 418 g/mol. The number of nitrogens with zero attached hydrogens (tertiary/aromatic N) is 1. The van der Waals surface area contributed by atoms with Gasteiger partial charge in [-0.25, -0.2) is 4.79 Å². The third-order valence-corrected chi connectivity index (χ3v) is 5.58. The van der Waals surface area contributed by atoms with Crippen LogP contribution in [0.15, 0.2) is 12.1 Å². The molecule has 3 rings (SSSR count). The van der Waals surface area contributed by atoms with Gasteiger partial charge in [0.25, 0.3) is 0 Å². The number of hydrogen-bond acceptors (Lipinski definition) is 6. The molecule has 0 spiro atoms. The minimum absolute atomic E-state index is 0.144. The van der Waals surface area contributed by atoms with Gasteiger partial charge in [-0.3, -0.25) is 4.79 Å². The van der Waals surface area contributed by atoms with E-state index < -0.39 is 5.97 Å². The third-order valence-electron chi connectivity index (χ3n) is 5.58. The van der Waals surface area contributed by atoms with Crippen LogP contribution in [0.3, 0.4) is 0 Å². The van der Waals surface area contributed by atoms with Crippen LogP contribution in [0.4, 0.5) is 5.69 Å². The van der Waals surface area contributed by atoms with Crippen LogP contribution >= 0.6 is 0 Å². The lowest BCUT2D eigenvalue weighted by molar-refractivity contribution is -0.116. The Bertz CT molecular complexity index is 900. The SMILES string of the molecule is CCOC(=O)c1[nH]c2cc(OC)c(OC)cc2c1NC(=O)CCN1CCC(C)CC1. The highest BCUT2D eigenvalue weighted by atomic mass is 16.5. The molecule has 0 bridgehead atoms. The Morgan fingerprint density at radius 1 is 1.17 bits per heavy atom. The molecule has 1 amide bonds. The number of likely N-dealkylation sites (tertiary alicyclic amines) is 1. The molecule has 164 valence electrons. The van der Waals surface area contributed by atoms with Gasteiger partial charge in [-0.05, 0) is 44.8 Å². The lowest BCUT2D eigenvalue weighted by Crippen LogP contribution is -2.35. The van der Waals surface area contributed by atoms with Crippen LogP contribution in [0.25, 0.3) is 10.9 Å². The Balaban J connectivity index is 1.83. The molecule has 30 heavy (non-hydrogen) atoms. The van der Waals surface area contributed by atoms with Crippen molar-refractivity contribution in [2.45, 2.75) is 33.1 Å². The summed E-state index contributed by atoms with van der Waals surface area (Å²) in [6.45, 7) is 6.99. The molecule has 8 nitrogen and oxygen atoms in total. The van der Waals surface area contributed by atoms with Crippen LogP contribution < -0.4 is 14.8 Å². The Morgan fingerprint density at radius 3 is 2.47 bits per heavy atom. The number of amides is 1. The fourth-order valence-corrected chi connectivity index (χ4v) is 3.75. The molecule has 0 unspecified atom stereocenters. The molecule has 1 saturated heterocycles. The van der Waals surface area contributed by atoms with Crippen LogP contribution in [0, 0.1) is 5.92 Å². The van der Waals surface area contributed by atoms with Gasteiger partial charge in [0, 0.05) is 24.4 Å². The summed E-state index contributed by atoms with van der Waals surface area (Å²) in [5.74, 6) is 1.12. The maximum atomic E-state index is 12.7. The molecule has 2 heterocycles. The molecule has 1 aliphatic rings. The Hall–Kier alpha value is -2.74. The number of anilines is 1. The summed E-state index contributed by atoms with van der Waals surface area (Å²) in [5.41, 5.74) is 1.26. The molecular formula is C22H31N3O5. The van der Waals surface area contributed by atoms with Crippen molar-refractivity contribution in [3.8, 4) is 11.5 Å². The topological polar surface area (TPSA) is 92.9 Å². The number of rotatable bonds is 8. The number of fused-ring (bicyclic) bond motifs is 1. The standard InChI is InChI=1S/C22H31N3O5/c1-5-30-22(27)21-20(15-12-17(28-3)18(29-4)13-16(15)23-21)24-19(26)8-11-25-9-6-14(2)7-10-25/h12-14,23H,5-11H2,1-4H3,(H,24,26). The van der Waals surface area contributed by atoms with Gasteiger partial charge in [0.2, 0.25) is 5.91 Å². The number of carbonyl (C=O) groups is 2. The fourth-order valence-electron chi connectivity index (χ4n) is 3.75. The van der Waals surface area contributed by atoms with Crippen LogP contribution in [0.2, 0.25) is 0 Å². The van der Waals surface area contributed by atoms with Crippen molar-refractivity contribution in [2.24, 2.45) is 5.92 Å². The lowest BCUT2D eigenvalue weighted by Gasteiger charge is -2.29. The van der Waals surface area contributed by atoms with Gasteiger partial charge in [0.05, 0.1) is 32.0 Å². The van der Waals surface area contributed by atoms with E-state index in [0.717, 1.165) is 19.0 Å². The quantitative estimate of drug-likeness (QED) is 0.640. The second-order valence-corrected chi connectivity index (χ2v) is 7.67. The molecule has 0 saturated carbocycles. The number of carbonyl (C=O) groups excluding carboxylic acids is 2. The van der Waals surface area contributed by atoms with Gasteiger partial charge in [-0.1, -0.05) is 6.92 Å². The van der Waals surface area contributed by atoms with Gasteiger partial charge < -0.3 is 29.4 Å². The van der Waals surface area contributed by atoms with Crippen LogP contribution in [-0.2, 0) is 9.53 Å². The summed E-state index contributed by atoms with van der Waals surface area (Å²) < 4.78 is 15.9. The van der Waals surface area contributed by atoms with E-state index in [9.17, 15) is 9.59 Å². The maximum absolute atomic E-state index is 12.7. The monoisotopic (exact) mass is 417 g/mol. The lowest BCUT2D eigenvalue weighted by atomic mass is 9.99. The maximum Gasteiger partial charge on any atom is 0.356 e. The van der Waals surface area contributed by atoms with Crippen molar-refractivity contribution in [2.75, 3.05) is 45.8 Å². The molecule has 1 aromatic heterocycles. The zero-order chi connectivity index (χ0) is 21.7. The predicted molar refractivity (Wildman–Crippen MR) is 115 cm³/mol. The highest BCUT2D eigenvalue weighted by Gasteiger charge is 2.23. The van der Waals surface area contributed by atoms with Crippen LogP contribution in [0.1, 0.15) is 43.6 Å². The molecule has 1 aliphatic heterocycles. The average Bonchev–Trinajstić information content (AvgIpc) is 3.09. The van der Waals surface area contributed by atoms with Crippen molar-refractivity contribution in [1.82, 2.24) is 9.88 Å². The molecule has 2 N–H and O–H groups in total. The van der Waals surface area contributed by atoms with Gasteiger partial charge in [0.1, 0.15) is 5.69 Å². The van der Waals surface area contributed by atoms with E-state index in [0.29, 0.717) is 41.1 Å². The molecule has 0 atom stereocenters. The van der Waals surface area contributed by atoms with E-state index in [-0.39, 0.29) is 18.2 Å². The first-order valence-electron chi connectivity index (χ1n) is 10.4. The zero-order valence-electron chi connectivity index (χ0n) is 18.2. The van der Waals surface area contributed by atoms with Gasteiger partial charge >= 0.3 is 5.97 Å². The third kappa shape index (κ3) is 4.87. The van der Waals surface area contributed by atoms with E-state index in [1.54, 1.807) is 33.3 Å². The first kappa shape index (κ1) is 22.0. The van der Waals surface area contributed by atoms with Gasteiger partial charge in [-0.15, -0.1) is 0 Å². The van der Waals surface area contributed by atoms with Crippen molar-refractivity contribution < 1.29 is 23.8 Å². The minimum atomic E-state index is -0.521. The summed E-state index contributed by atoms with van der Waals surface area (Å²) in [4.78, 5) is 30.6. The van der Waals surface area contributed by atoms with Crippen LogP contribution in [-0.4, -0.2) is 62.2 Å². The van der Waals surface area contributed by atoms with E-state index >= 15 is 0 Å². The summed E-state index contributed by atoms with van der Waals surface area (Å²) in [6.07, 6.45) is 2.69. The van der Waals surface area contributed by atoms with E-state index in [1.807, 2.05) is 0 Å². The number of piperidine rings is 1. The van der Waals surface area contributed by atoms with E-state index in [1.165, 1.54) is 12.8 Å². The minimum Gasteiger partial charge on any atom is -0.493 e. The molecule has 2 aromatic rings. The summed E-state index contributed by atoms with van der Waals surface area (Å²) in [7, 11) is 3.09. The number of benzene rings is 1. The molecule has 0 aliphatic carbocycles. The number of ether oxygens (including phenoxy) is 3. The van der Waals surface area contributed by atoms with Crippen molar-refractivity contribution in [3.05, 3.63) is 17.8 Å². The van der Waals surface area contributed by atoms with Gasteiger partial charge in [0.15, 0.2) is 11.5 Å². The molecular weight excluding hydrogens is 386 g/mol. The first-order chi connectivity index (χ1) is 14.5. The number of H-pyrrole nitrogens is 1. The highest BCUT2D eigenvalue weighted by molar-refractivity contribution is 6.11. The second-order valence-electron chi connectivity index (χ2n) is 7.67. The molecule has 1 aromatic carbocycles. The largest absolute Gasteiger partial charge is 0.493 e. The highest BCUT2D eigenvalue weighted by Crippen LogP contribution is 2.37. The molecule has 0 radical (unpaired) electrons. The van der Waals surface area contributed by atoms with Crippen molar-refractivity contribution in [3.63, 3.8) is 0 Å². The summed E-state index contributed by atoms with van der Waals surface area (Å²) >= 11 is 0. The zero-order valence-corrected chi connectivity index (χ0v) is 18.2. The number of methoxy groups -OCH3 is 2. The number of nitrogens with one attached hydrogen (secondary N) is 2. The van der Waals surface area contributed by atoms with E-state index in [4.69, 9.17) is 14.2 Å². The normalized spacial score (nSPS) is 15.2. The summed E-state index contributed by atoms with van der Waals surface area (Å²) in [6, 6.07) is 3.48. The number of aromatic nitrogens is 1. The number of esters is 1. The Morgan fingerprint density at radius 2 is 1.83 bits per heavy atom. The number of aromatic amines is 1. The van der Waals surface area contributed by atoms with E-state index in [2.05, 4.69) is 22.1 Å². The van der Waals surface area contributed by atoms with Crippen molar-refractivity contribution in [1.29, 1.82) is 0 Å². The second kappa shape index (κ2) is 9.84. The Labute approximate surface area is 176 Å². The van der Waals surface area contributed by atoms with Crippen molar-refractivity contribution >= 4 is 28.5 Å². The molecule has 1 fully saturated rings. The summed E-state index contributed by atoms with van der Waals surface area (Å²) in [5, 5.41) is 3.58. The molecule has 8 heteroatoms. The smallest absolute Gasteiger partial charge is 0.356 e. The van der Waals surface area contributed by atoms with Crippen LogP contribution in [0.5, 0.6) is 11.5 Å².